The highest BCUT2D eigenvalue weighted by molar-refractivity contribution is 5.75. The first-order chi connectivity index (χ1) is 9.52. The van der Waals surface area contributed by atoms with Gasteiger partial charge in [-0.3, -0.25) is 9.97 Å². The summed E-state index contributed by atoms with van der Waals surface area (Å²) in [7, 11) is 2.01. The van der Waals surface area contributed by atoms with E-state index in [-0.39, 0.29) is 10.8 Å². The second kappa shape index (κ2) is 4.38. The van der Waals surface area contributed by atoms with Crippen LogP contribution in [0.5, 0.6) is 0 Å². The molecule has 0 atom stereocenters. The van der Waals surface area contributed by atoms with E-state index in [9.17, 15) is 0 Å². The average molecular weight is 267 g/mol. The van der Waals surface area contributed by atoms with E-state index in [0.717, 1.165) is 17.9 Å². The van der Waals surface area contributed by atoms with Gasteiger partial charge in [0.05, 0.1) is 11.4 Å². The second-order valence-electron chi connectivity index (χ2n) is 6.48. The summed E-state index contributed by atoms with van der Waals surface area (Å²) in [6.07, 6.45) is 3.71. The molecule has 3 heteroatoms. The number of fused-ring (bicyclic) bond motifs is 3. The van der Waals surface area contributed by atoms with Gasteiger partial charge in [0.25, 0.3) is 0 Å². The zero-order chi connectivity index (χ0) is 14.4. The molecule has 3 nitrogen and oxygen atoms in total. The van der Waals surface area contributed by atoms with E-state index in [4.69, 9.17) is 0 Å². The van der Waals surface area contributed by atoms with Gasteiger partial charge in [-0.05, 0) is 35.7 Å². The maximum atomic E-state index is 4.60. The minimum absolute atomic E-state index is 0.0715. The molecule has 2 aromatic heterocycles. The Balaban J connectivity index is 2.40. The number of likely N-dealkylation sites (N-methyl/N-ethyl adjacent to an activating group) is 1. The third-order valence-electron chi connectivity index (χ3n) is 4.48. The van der Waals surface area contributed by atoms with Gasteiger partial charge in [-0.25, -0.2) is 0 Å². The number of rotatable bonds is 2. The molecule has 0 aliphatic heterocycles. The summed E-state index contributed by atoms with van der Waals surface area (Å²) >= 11 is 0. The van der Waals surface area contributed by atoms with Crippen LogP contribution in [0.2, 0.25) is 0 Å². The van der Waals surface area contributed by atoms with Crippen molar-refractivity contribution >= 4 is 0 Å². The first kappa shape index (κ1) is 13.3. The summed E-state index contributed by atoms with van der Waals surface area (Å²) in [5.41, 5.74) is 4.63. The van der Waals surface area contributed by atoms with Crippen molar-refractivity contribution in [2.75, 3.05) is 13.6 Å². The average Bonchev–Trinajstić information content (AvgIpc) is 2.72. The standard InChI is InChI=1S/C17H21N3/c1-16(2,3)17(11-18-4)12-7-5-9-19-14(12)15-13(17)8-6-10-20-15/h5-10,18H,11H2,1-4H3. The van der Waals surface area contributed by atoms with Crippen molar-refractivity contribution in [1.29, 1.82) is 0 Å². The van der Waals surface area contributed by atoms with E-state index in [2.05, 4.69) is 48.2 Å². The van der Waals surface area contributed by atoms with Crippen LogP contribution < -0.4 is 5.32 Å². The molecule has 1 aliphatic carbocycles. The molecule has 0 fully saturated rings. The normalized spacial score (nSPS) is 15.8. The van der Waals surface area contributed by atoms with Gasteiger partial charge >= 0.3 is 0 Å². The summed E-state index contributed by atoms with van der Waals surface area (Å²) < 4.78 is 0. The fourth-order valence-corrected chi connectivity index (χ4v) is 3.55. The summed E-state index contributed by atoms with van der Waals surface area (Å²) in [6, 6.07) is 8.46. The maximum absolute atomic E-state index is 4.60. The van der Waals surface area contributed by atoms with Gasteiger partial charge in [-0.15, -0.1) is 0 Å². The molecule has 20 heavy (non-hydrogen) atoms. The lowest BCUT2D eigenvalue weighted by Gasteiger charge is -2.43. The Labute approximate surface area is 120 Å². The lowest BCUT2D eigenvalue weighted by Crippen LogP contribution is -2.47. The highest BCUT2D eigenvalue weighted by Gasteiger charge is 2.51. The van der Waals surface area contributed by atoms with Gasteiger partial charge in [0.2, 0.25) is 0 Å². The van der Waals surface area contributed by atoms with Crippen molar-refractivity contribution in [3.8, 4) is 11.4 Å². The third kappa shape index (κ3) is 1.56. The van der Waals surface area contributed by atoms with Gasteiger partial charge in [-0.1, -0.05) is 32.9 Å². The lowest BCUT2D eigenvalue weighted by atomic mass is 9.61. The highest BCUT2D eigenvalue weighted by Crippen LogP contribution is 2.55. The highest BCUT2D eigenvalue weighted by atomic mass is 14.9. The Hall–Kier alpha value is -1.74. The fraction of sp³-hybridized carbons (Fsp3) is 0.412. The van der Waals surface area contributed by atoms with Gasteiger partial charge in [-0.2, -0.15) is 0 Å². The zero-order valence-electron chi connectivity index (χ0n) is 12.6. The van der Waals surface area contributed by atoms with Crippen LogP contribution in [0, 0.1) is 5.41 Å². The molecule has 2 heterocycles. The summed E-state index contributed by atoms with van der Waals surface area (Å²) in [6.45, 7) is 7.77. The molecule has 0 saturated heterocycles. The van der Waals surface area contributed by atoms with E-state index in [1.165, 1.54) is 11.1 Å². The molecule has 1 N–H and O–H groups in total. The molecule has 0 unspecified atom stereocenters. The Morgan fingerprint density at radius 3 is 1.90 bits per heavy atom. The van der Waals surface area contributed by atoms with Crippen molar-refractivity contribution in [3.63, 3.8) is 0 Å². The fourth-order valence-electron chi connectivity index (χ4n) is 3.55. The summed E-state index contributed by atoms with van der Waals surface area (Å²) in [5.74, 6) is 0. The van der Waals surface area contributed by atoms with Crippen molar-refractivity contribution in [1.82, 2.24) is 15.3 Å². The molecule has 0 amide bonds. The Kier molecular flexibility index (Phi) is 2.91. The Morgan fingerprint density at radius 2 is 1.50 bits per heavy atom. The number of aromatic nitrogens is 2. The van der Waals surface area contributed by atoms with Crippen LogP contribution in [0.1, 0.15) is 31.9 Å². The van der Waals surface area contributed by atoms with Gasteiger partial charge in [0.1, 0.15) is 0 Å². The quantitative estimate of drug-likeness (QED) is 0.909. The molecule has 1 aliphatic rings. The summed E-state index contributed by atoms with van der Waals surface area (Å²) in [5, 5.41) is 3.38. The first-order valence-electron chi connectivity index (χ1n) is 7.08. The zero-order valence-corrected chi connectivity index (χ0v) is 12.6. The Bertz CT molecular complexity index is 595. The largest absolute Gasteiger partial charge is 0.319 e. The third-order valence-corrected chi connectivity index (χ3v) is 4.48. The topological polar surface area (TPSA) is 37.8 Å². The molecule has 0 bridgehead atoms. The molecule has 0 aromatic carbocycles. The van der Waals surface area contributed by atoms with Crippen LogP contribution in [0.15, 0.2) is 36.7 Å². The minimum Gasteiger partial charge on any atom is -0.319 e. The first-order valence-corrected chi connectivity index (χ1v) is 7.08. The molecule has 0 spiro atoms. The van der Waals surface area contributed by atoms with Gasteiger partial charge in [0, 0.05) is 24.4 Å². The van der Waals surface area contributed by atoms with E-state index < -0.39 is 0 Å². The second-order valence-corrected chi connectivity index (χ2v) is 6.48. The van der Waals surface area contributed by atoms with Crippen molar-refractivity contribution in [2.45, 2.75) is 26.2 Å². The lowest BCUT2D eigenvalue weighted by molar-refractivity contribution is 0.228. The molecular formula is C17H21N3. The van der Waals surface area contributed by atoms with Crippen molar-refractivity contribution < 1.29 is 0 Å². The van der Waals surface area contributed by atoms with E-state index in [1.54, 1.807) is 0 Å². The van der Waals surface area contributed by atoms with E-state index in [0.29, 0.717) is 0 Å². The molecule has 0 radical (unpaired) electrons. The van der Waals surface area contributed by atoms with Crippen LogP contribution in [0.3, 0.4) is 0 Å². The predicted molar refractivity (Wildman–Crippen MR) is 81.6 cm³/mol. The van der Waals surface area contributed by atoms with Gasteiger partial charge in [0.15, 0.2) is 0 Å². The monoisotopic (exact) mass is 267 g/mol. The molecule has 2 aromatic rings. The summed E-state index contributed by atoms with van der Waals surface area (Å²) in [4.78, 5) is 9.20. The van der Waals surface area contributed by atoms with Crippen LogP contribution in [0.4, 0.5) is 0 Å². The number of pyridine rings is 2. The molecule has 104 valence electrons. The maximum Gasteiger partial charge on any atom is 0.0931 e. The van der Waals surface area contributed by atoms with Crippen LogP contribution in [-0.2, 0) is 5.41 Å². The number of hydrogen-bond donors (Lipinski definition) is 1. The number of hydrogen-bond acceptors (Lipinski definition) is 3. The molecular weight excluding hydrogens is 246 g/mol. The number of nitrogens with one attached hydrogen (secondary N) is 1. The Morgan fingerprint density at radius 1 is 1.00 bits per heavy atom. The molecule has 3 rings (SSSR count). The minimum atomic E-state index is -0.0884. The molecule has 0 saturated carbocycles. The van der Waals surface area contributed by atoms with Crippen LogP contribution in [0.25, 0.3) is 11.4 Å². The van der Waals surface area contributed by atoms with E-state index in [1.807, 2.05) is 31.6 Å². The SMILES string of the molecule is CNCC1(C(C)(C)C)c2cccnc2-c2ncccc21. The van der Waals surface area contributed by atoms with Crippen LogP contribution >= 0.6 is 0 Å². The van der Waals surface area contributed by atoms with Gasteiger partial charge < -0.3 is 5.32 Å². The van der Waals surface area contributed by atoms with Crippen molar-refractivity contribution in [2.24, 2.45) is 5.41 Å². The van der Waals surface area contributed by atoms with E-state index >= 15 is 0 Å². The van der Waals surface area contributed by atoms with Crippen molar-refractivity contribution in [3.05, 3.63) is 47.8 Å². The van der Waals surface area contributed by atoms with Crippen LogP contribution in [-0.4, -0.2) is 23.6 Å². The smallest absolute Gasteiger partial charge is 0.0931 e. The predicted octanol–water partition coefficient (Wildman–Crippen LogP) is 3.01. The number of nitrogens with zero attached hydrogens (tertiary/aromatic N) is 2.